The molecule has 0 aromatic carbocycles. The molecule has 0 saturated carbocycles. The third-order valence-corrected chi connectivity index (χ3v) is 4.39. The first kappa shape index (κ1) is 11.1. The van der Waals surface area contributed by atoms with Crippen molar-refractivity contribution in [3.05, 3.63) is 18.0 Å². The number of aryl methyl sites for hydroxylation is 1. The highest BCUT2D eigenvalue weighted by Crippen LogP contribution is 2.24. The predicted octanol–water partition coefficient (Wildman–Crippen LogP) is 2.17. The molecule has 1 aromatic rings. The van der Waals surface area contributed by atoms with Gasteiger partial charge in [0.15, 0.2) is 0 Å². The largest absolute Gasteiger partial charge is 0.295 e. The molecule has 0 amide bonds. The van der Waals surface area contributed by atoms with E-state index in [0.29, 0.717) is 10.9 Å². The second-order valence-corrected chi connectivity index (χ2v) is 5.57. The number of nitrogens with zero attached hydrogens (tertiary/aromatic N) is 3. The van der Waals surface area contributed by atoms with Crippen LogP contribution in [0.2, 0.25) is 0 Å². The fourth-order valence-corrected chi connectivity index (χ4v) is 2.83. The lowest BCUT2D eigenvalue weighted by Crippen LogP contribution is -2.43. The van der Waals surface area contributed by atoms with Crippen LogP contribution in [0.25, 0.3) is 0 Å². The van der Waals surface area contributed by atoms with E-state index in [2.05, 4.69) is 39.0 Å². The number of piperidine rings is 1. The molecule has 0 radical (unpaired) electrons. The van der Waals surface area contributed by atoms with Gasteiger partial charge in [-0.3, -0.25) is 9.58 Å². The second kappa shape index (κ2) is 4.66. The van der Waals surface area contributed by atoms with Crippen molar-refractivity contribution in [1.29, 1.82) is 0 Å². The maximum atomic E-state index is 4.20. The molecule has 15 heavy (non-hydrogen) atoms. The van der Waals surface area contributed by atoms with E-state index in [9.17, 15) is 0 Å². The Labute approximate surface area is 99.6 Å². The zero-order valence-corrected chi connectivity index (χ0v) is 10.9. The molecule has 1 saturated heterocycles. The summed E-state index contributed by atoms with van der Waals surface area (Å²) >= 11 is 3.75. The molecule has 84 valence electrons. The molecule has 2 unspecified atom stereocenters. The van der Waals surface area contributed by atoms with Gasteiger partial charge in [-0.15, -0.1) is 0 Å². The third kappa shape index (κ3) is 2.61. The van der Waals surface area contributed by atoms with Gasteiger partial charge < -0.3 is 0 Å². The van der Waals surface area contributed by atoms with Crippen LogP contribution in [-0.2, 0) is 13.6 Å². The zero-order chi connectivity index (χ0) is 10.8. The second-order valence-electron chi connectivity index (χ2n) is 4.39. The van der Waals surface area contributed by atoms with E-state index in [1.165, 1.54) is 24.9 Å². The van der Waals surface area contributed by atoms with Gasteiger partial charge in [0.2, 0.25) is 0 Å². The van der Waals surface area contributed by atoms with Crippen molar-refractivity contribution in [2.75, 3.05) is 6.54 Å². The Kier molecular flexibility index (Phi) is 3.46. The fraction of sp³-hybridized carbons (Fsp3) is 0.727. The van der Waals surface area contributed by atoms with Crippen LogP contribution >= 0.6 is 15.9 Å². The smallest absolute Gasteiger partial charge is 0.0534 e. The van der Waals surface area contributed by atoms with Gasteiger partial charge in [-0.05, 0) is 26.3 Å². The van der Waals surface area contributed by atoms with Gasteiger partial charge in [0.1, 0.15) is 0 Å². The minimum Gasteiger partial charge on any atom is -0.295 e. The minimum absolute atomic E-state index is 0.624. The molecule has 0 bridgehead atoms. The number of hydrogen-bond donors (Lipinski definition) is 0. The van der Waals surface area contributed by atoms with Crippen molar-refractivity contribution in [2.45, 2.75) is 37.2 Å². The number of aromatic nitrogens is 2. The molecule has 1 aromatic heterocycles. The van der Waals surface area contributed by atoms with Crippen LogP contribution in [0.4, 0.5) is 0 Å². The molecule has 1 aliphatic heterocycles. The van der Waals surface area contributed by atoms with Crippen molar-refractivity contribution in [3.63, 3.8) is 0 Å². The molecule has 3 nitrogen and oxygen atoms in total. The standard InChI is InChI=1S/C11H18BrN3/c1-9-11(12)4-3-5-15(9)8-10-6-13-14(2)7-10/h6-7,9,11H,3-5,8H2,1-2H3. The molecule has 1 aliphatic rings. The van der Waals surface area contributed by atoms with Crippen LogP contribution < -0.4 is 0 Å². The van der Waals surface area contributed by atoms with E-state index in [1.807, 2.05) is 17.9 Å². The van der Waals surface area contributed by atoms with Gasteiger partial charge in [0.05, 0.1) is 6.20 Å². The number of hydrogen-bond acceptors (Lipinski definition) is 2. The summed E-state index contributed by atoms with van der Waals surface area (Å²) in [5.74, 6) is 0. The molecule has 2 heterocycles. The first-order valence-electron chi connectivity index (χ1n) is 5.52. The van der Waals surface area contributed by atoms with E-state index >= 15 is 0 Å². The number of likely N-dealkylation sites (tertiary alicyclic amines) is 1. The van der Waals surface area contributed by atoms with Crippen LogP contribution in [0.3, 0.4) is 0 Å². The predicted molar refractivity (Wildman–Crippen MR) is 65.0 cm³/mol. The maximum absolute atomic E-state index is 4.20. The van der Waals surface area contributed by atoms with Gasteiger partial charge in [-0.2, -0.15) is 5.10 Å². The number of alkyl halides is 1. The molecule has 0 spiro atoms. The Hall–Kier alpha value is -0.350. The SMILES string of the molecule is CC1C(Br)CCCN1Cc1cnn(C)c1. The first-order valence-corrected chi connectivity index (χ1v) is 6.44. The molecular weight excluding hydrogens is 254 g/mol. The van der Waals surface area contributed by atoms with Gasteiger partial charge in [-0.1, -0.05) is 15.9 Å². The average Bonchev–Trinajstić information content (AvgIpc) is 2.59. The van der Waals surface area contributed by atoms with Crippen molar-refractivity contribution in [2.24, 2.45) is 7.05 Å². The Morgan fingerprint density at radius 2 is 2.40 bits per heavy atom. The Balaban J connectivity index is 1.99. The number of halogens is 1. The van der Waals surface area contributed by atoms with Gasteiger partial charge >= 0.3 is 0 Å². The van der Waals surface area contributed by atoms with E-state index < -0.39 is 0 Å². The monoisotopic (exact) mass is 271 g/mol. The summed E-state index contributed by atoms with van der Waals surface area (Å²) < 4.78 is 1.87. The van der Waals surface area contributed by atoms with E-state index in [4.69, 9.17) is 0 Å². The highest BCUT2D eigenvalue weighted by Gasteiger charge is 2.25. The van der Waals surface area contributed by atoms with E-state index in [0.717, 1.165) is 6.54 Å². The lowest BCUT2D eigenvalue weighted by atomic mass is 10.0. The zero-order valence-electron chi connectivity index (χ0n) is 9.36. The highest BCUT2D eigenvalue weighted by atomic mass is 79.9. The van der Waals surface area contributed by atoms with Crippen LogP contribution in [0.15, 0.2) is 12.4 Å². The van der Waals surface area contributed by atoms with Gasteiger partial charge in [0, 0.05) is 36.2 Å². The normalized spacial score (nSPS) is 28.2. The molecule has 0 aliphatic carbocycles. The van der Waals surface area contributed by atoms with Crippen LogP contribution in [-0.4, -0.2) is 32.1 Å². The van der Waals surface area contributed by atoms with E-state index in [1.54, 1.807) is 0 Å². The fourth-order valence-electron chi connectivity index (χ4n) is 2.17. The van der Waals surface area contributed by atoms with Crippen LogP contribution in [0.5, 0.6) is 0 Å². The Bertz CT molecular complexity index is 323. The van der Waals surface area contributed by atoms with Crippen molar-refractivity contribution in [1.82, 2.24) is 14.7 Å². The van der Waals surface area contributed by atoms with Crippen molar-refractivity contribution in [3.8, 4) is 0 Å². The molecule has 2 rings (SSSR count). The molecule has 4 heteroatoms. The average molecular weight is 272 g/mol. The molecule has 1 fully saturated rings. The topological polar surface area (TPSA) is 21.1 Å². The van der Waals surface area contributed by atoms with Gasteiger partial charge in [-0.25, -0.2) is 0 Å². The summed E-state index contributed by atoms with van der Waals surface area (Å²) in [6, 6.07) is 0.624. The summed E-state index contributed by atoms with van der Waals surface area (Å²) in [6.07, 6.45) is 6.65. The quantitative estimate of drug-likeness (QED) is 0.769. The number of rotatable bonds is 2. The van der Waals surface area contributed by atoms with E-state index in [-0.39, 0.29) is 0 Å². The summed E-state index contributed by atoms with van der Waals surface area (Å²) in [4.78, 5) is 3.17. The van der Waals surface area contributed by atoms with Crippen LogP contribution in [0, 0.1) is 0 Å². The summed E-state index contributed by atoms with van der Waals surface area (Å²) in [5, 5.41) is 4.20. The lowest BCUT2D eigenvalue weighted by molar-refractivity contribution is 0.160. The summed E-state index contributed by atoms with van der Waals surface area (Å²) in [5.41, 5.74) is 1.31. The van der Waals surface area contributed by atoms with Crippen molar-refractivity contribution >= 4 is 15.9 Å². The molecular formula is C11H18BrN3. The summed E-state index contributed by atoms with van der Waals surface area (Å²) in [7, 11) is 1.97. The van der Waals surface area contributed by atoms with Gasteiger partial charge in [0.25, 0.3) is 0 Å². The first-order chi connectivity index (χ1) is 7.16. The highest BCUT2D eigenvalue weighted by molar-refractivity contribution is 9.09. The lowest BCUT2D eigenvalue weighted by Gasteiger charge is -2.36. The summed E-state index contributed by atoms with van der Waals surface area (Å²) in [6.45, 7) is 4.53. The van der Waals surface area contributed by atoms with Crippen molar-refractivity contribution < 1.29 is 0 Å². The maximum Gasteiger partial charge on any atom is 0.0534 e. The Morgan fingerprint density at radius 3 is 3.07 bits per heavy atom. The minimum atomic E-state index is 0.624. The third-order valence-electron chi connectivity index (χ3n) is 3.17. The molecule has 2 atom stereocenters. The Morgan fingerprint density at radius 1 is 1.60 bits per heavy atom. The molecule has 0 N–H and O–H groups in total. The van der Waals surface area contributed by atoms with Crippen LogP contribution in [0.1, 0.15) is 25.3 Å².